The molecule has 2 heterocycles. The lowest BCUT2D eigenvalue weighted by Gasteiger charge is -2.40. The Morgan fingerprint density at radius 1 is 0.911 bits per heavy atom. The minimum Gasteiger partial charge on any atom is -0.507 e. The second kappa shape index (κ2) is 10.6. The molecule has 3 aliphatic rings. The van der Waals surface area contributed by atoms with Crippen LogP contribution in [0.5, 0.6) is 28.7 Å². The monoisotopic (exact) mass is 603 g/mol. The highest BCUT2D eigenvalue weighted by Gasteiger charge is 2.41. The Labute approximate surface area is 259 Å². The zero-order chi connectivity index (χ0) is 30.8. The number of H-pyrrole nitrogens is 1. The summed E-state index contributed by atoms with van der Waals surface area (Å²) in [6.07, 6.45) is 5.62. The minimum absolute atomic E-state index is 0.0107. The molecule has 0 amide bonds. The number of rotatable bonds is 6. The van der Waals surface area contributed by atoms with Gasteiger partial charge in [-0.1, -0.05) is 30.4 Å². The van der Waals surface area contributed by atoms with Crippen LogP contribution in [0.25, 0.3) is 28.1 Å². The highest BCUT2D eigenvalue weighted by Crippen LogP contribution is 2.57. The van der Waals surface area contributed by atoms with E-state index in [1.807, 2.05) is 24.4 Å². The van der Waals surface area contributed by atoms with Gasteiger partial charge in [0.2, 0.25) is 0 Å². The molecule has 8 heteroatoms. The van der Waals surface area contributed by atoms with Crippen molar-refractivity contribution in [3.8, 4) is 39.9 Å². The number of nitrogens with one attached hydrogen (secondary N) is 1. The van der Waals surface area contributed by atoms with Crippen molar-refractivity contribution in [1.82, 2.24) is 4.98 Å². The van der Waals surface area contributed by atoms with Crippen LogP contribution in [0.3, 0.4) is 0 Å². The summed E-state index contributed by atoms with van der Waals surface area (Å²) in [6.45, 7) is -0.0422. The molecule has 5 aromatic rings. The van der Waals surface area contributed by atoms with Gasteiger partial charge in [-0.3, -0.25) is 0 Å². The molecular formula is C37H33NO7. The van der Waals surface area contributed by atoms with Crippen LogP contribution in [0, 0.1) is 0 Å². The molecule has 1 aliphatic heterocycles. The first-order valence-electron chi connectivity index (χ1n) is 15.2. The Bertz CT molecular complexity index is 1990. The van der Waals surface area contributed by atoms with Crippen molar-refractivity contribution in [2.24, 2.45) is 0 Å². The van der Waals surface area contributed by atoms with E-state index in [2.05, 4.69) is 35.3 Å². The van der Waals surface area contributed by atoms with Gasteiger partial charge in [-0.25, -0.2) is 0 Å². The van der Waals surface area contributed by atoms with Gasteiger partial charge in [0.05, 0.1) is 19.8 Å². The molecular weight excluding hydrogens is 570 g/mol. The Morgan fingerprint density at radius 3 is 2.60 bits per heavy atom. The Hall–Kier alpha value is -4.92. The summed E-state index contributed by atoms with van der Waals surface area (Å²) in [5.41, 5.74) is 8.68. The van der Waals surface area contributed by atoms with Gasteiger partial charge in [0.1, 0.15) is 30.0 Å². The topological polar surface area (TPSA) is 124 Å². The normalized spacial score (nSPS) is 21.0. The molecule has 0 spiro atoms. The smallest absolute Gasteiger partial charge is 0.160 e. The maximum atomic E-state index is 11.5. The summed E-state index contributed by atoms with van der Waals surface area (Å²) in [5, 5.41) is 43.4. The number of methoxy groups -OCH3 is 1. The summed E-state index contributed by atoms with van der Waals surface area (Å²) in [7, 11) is 1.48. The molecule has 0 fully saturated rings. The lowest BCUT2D eigenvalue weighted by Crippen LogP contribution is -2.32. The summed E-state index contributed by atoms with van der Waals surface area (Å²) in [5.74, 6) is 1.82. The summed E-state index contributed by atoms with van der Waals surface area (Å²) < 4.78 is 18.0. The van der Waals surface area contributed by atoms with Crippen LogP contribution < -0.4 is 14.2 Å². The average Bonchev–Trinajstić information content (AvgIpc) is 3.53. The van der Waals surface area contributed by atoms with Crippen molar-refractivity contribution >= 4 is 17.0 Å². The van der Waals surface area contributed by atoms with Gasteiger partial charge in [-0.05, 0) is 81.9 Å². The number of fused-ring (bicyclic) bond motifs is 5. The lowest BCUT2D eigenvalue weighted by molar-refractivity contribution is 0.0201. The number of ether oxygens (including phenoxy) is 3. The first-order chi connectivity index (χ1) is 21.9. The highest BCUT2D eigenvalue weighted by molar-refractivity contribution is 5.88. The zero-order valence-corrected chi connectivity index (χ0v) is 24.7. The second-order valence-corrected chi connectivity index (χ2v) is 12.0. The van der Waals surface area contributed by atoms with Gasteiger partial charge in [-0.15, -0.1) is 0 Å². The molecule has 4 aromatic carbocycles. The lowest BCUT2D eigenvalue weighted by atomic mass is 9.65. The predicted octanol–water partition coefficient (Wildman–Crippen LogP) is 6.11. The number of phenolic OH excluding ortho intramolecular Hbond substituents is 2. The molecule has 0 bridgehead atoms. The molecule has 0 radical (unpaired) electrons. The van der Waals surface area contributed by atoms with Crippen LogP contribution in [0.2, 0.25) is 0 Å². The first-order valence-corrected chi connectivity index (χ1v) is 15.2. The zero-order valence-electron chi connectivity index (χ0n) is 24.7. The van der Waals surface area contributed by atoms with E-state index in [4.69, 9.17) is 14.2 Å². The number of aromatic nitrogens is 1. The number of hydrogen-bond acceptors (Lipinski definition) is 7. The molecule has 0 saturated heterocycles. The fourth-order valence-electron chi connectivity index (χ4n) is 7.54. The van der Waals surface area contributed by atoms with E-state index in [-0.39, 0.29) is 36.5 Å². The Balaban J connectivity index is 1.28. The molecule has 0 saturated carbocycles. The van der Waals surface area contributed by atoms with Crippen LogP contribution in [-0.2, 0) is 12.8 Å². The molecule has 228 valence electrons. The molecule has 8 nitrogen and oxygen atoms in total. The Morgan fingerprint density at radius 2 is 1.76 bits per heavy atom. The number of benzene rings is 4. The average molecular weight is 604 g/mol. The predicted molar refractivity (Wildman–Crippen MR) is 170 cm³/mol. The Kier molecular flexibility index (Phi) is 6.51. The summed E-state index contributed by atoms with van der Waals surface area (Å²) in [4.78, 5) is 3.28. The second-order valence-electron chi connectivity index (χ2n) is 12.0. The third-order valence-corrected chi connectivity index (χ3v) is 9.56. The third kappa shape index (κ3) is 4.35. The number of allylic oxidation sites excluding steroid dienone is 1. The third-order valence-electron chi connectivity index (χ3n) is 9.56. The standard InChI is InChI=1S/C37H33NO7/c1-43-33-15-21(3-8-30(33)41)37-31(42)17-25-27-16-26-22(19-2-7-28-20(14-19)10-11-38-28)4-5-23-29(40)9-6-24(35(23)26)36(27)34(44-13-12-39)18-32(25)45-37/h2-11,14-15,18,22,26,31,37-42H,12-13,16-17H2,1H3. The van der Waals surface area contributed by atoms with Crippen molar-refractivity contribution in [2.75, 3.05) is 20.3 Å². The van der Waals surface area contributed by atoms with Crippen molar-refractivity contribution < 1.29 is 34.6 Å². The van der Waals surface area contributed by atoms with Gasteiger partial charge in [0.25, 0.3) is 0 Å². The fraction of sp³-hybridized carbons (Fsp3) is 0.243. The van der Waals surface area contributed by atoms with E-state index < -0.39 is 12.2 Å². The maximum absolute atomic E-state index is 11.5. The number of aromatic amines is 1. The van der Waals surface area contributed by atoms with E-state index in [9.17, 15) is 20.4 Å². The summed E-state index contributed by atoms with van der Waals surface area (Å²) >= 11 is 0. The van der Waals surface area contributed by atoms with E-state index in [0.29, 0.717) is 35.7 Å². The van der Waals surface area contributed by atoms with Gasteiger partial charge >= 0.3 is 0 Å². The van der Waals surface area contributed by atoms with Gasteiger partial charge in [0.15, 0.2) is 11.5 Å². The van der Waals surface area contributed by atoms with Gasteiger partial charge < -0.3 is 39.6 Å². The molecule has 4 unspecified atom stereocenters. The highest BCUT2D eigenvalue weighted by atomic mass is 16.5. The molecule has 2 aliphatic carbocycles. The molecule has 4 atom stereocenters. The van der Waals surface area contributed by atoms with Crippen LogP contribution in [0.1, 0.15) is 51.3 Å². The number of hydrogen-bond donors (Lipinski definition) is 5. The van der Waals surface area contributed by atoms with E-state index in [1.165, 1.54) is 18.7 Å². The molecule has 45 heavy (non-hydrogen) atoms. The number of aromatic hydroxyl groups is 2. The number of phenols is 2. The summed E-state index contributed by atoms with van der Waals surface area (Å²) in [6, 6.07) is 19.1. The largest absolute Gasteiger partial charge is 0.507 e. The van der Waals surface area contributed by atoms with Crippen LogP contribution in [0.4, 0.5) is 0 Å². The van der Waals surface area contributed by atoms with Crippen molar-refractivity contribution in [2.45, 2.75) is 36.9 Å². The van der Waals surface area contributed by atoms with Crippen LogP contribution in [0.15, 0.2) is 72.9 Å². The maximum Gasteiger partial charge on any atom is 0.160 e. The number of aliphatic hydroxyl groups is 2. The van der Waals surface area contributed by atoms with Crippen molar-refractivity contribution in [1.29, 1.82) is 0 Å². The molecule has 1 aromatic heterocycles. The first kappa shape index (κ1) is 27.6. The SMILES string of the molecule is COc1cc(C2Oc3cc(OCCO)c4c(c3CC2O)CC2c3c-4ccc(O)c3C=CC2c2ccc3[nH]ccc3c2)ccc1O. The fourth-order valence-corrected chi connectivity index (χ4v) is 7.54. The van der Waals surface area contributed by atoms with E-state index in [0.717, 1.165) is 44.3 Å². The quantitative estimate of drug-likeness (QED) is 0.159. The van der Waals surface area contributed by atoms with Crippen molar-refractivity contribution in [3.05, 3.63) is 106 Å². The van der Waals surface area contributed by atoms with Gasteiger partial charge in [0, 0.05) is 46.8 Å². The number of aliphatic hydroxyl groups excluding tert-OH is 2. The molecule has 8 rings (SSSR count). The van der Waals surface area contributed by atoms with E-state index in [1.54, 1.807) is 18.2 Å². The van der Waals surface area contributed by atoms with Crippen molar-refractivity contribution in [3.63, 3.8) is 0 Å². The van der Waals surface area contributed by atoms with Gasteiger partial charge in [-0.2, -0.15) is 0 Å². The minimum atomic E-state index is -0.852. The van der Waals surface area contributed by atoms with E-state index >= 15 is 0 Å². The van der Waals surface area contributed by atoms with Crippen LogP contribution in [-0.4, -0.2) is 51.8 Å². The molecule has 5 N–H and O–H groups in total. The van der Waals surface area contributed by atoms with Crippen LogP contribution >= 0.6 is 0 Å².